The number of benzene rings is 1. The molecule has 1 saturated heterocycles. The van der Waals surface area contributed by atoms with Crippen LogP contribution in [0, 0.1) is 0 Å². The van der Waals surface area contributed by atoms with Gasteiger partial charge < -0.3 is 19.9 Å². The van der Waals surface area contributed by atoms with Crippen molar-refractivity contribution in [2.75, 3.05) is 38.5 Å². The van der Waals surface area contributed by atoms with Gasteiger partial charge in [0.25, 0.3) is 0 Å². The largest absolute Gasteiger partial charge is 0.573 e. The Hall–Kier alpha value is -1.32. The summed E-state index contributed by atoms with van der Waals surface area (Å²) in [5, 5.41) is 3.19. The zero-order valence-corrected chi connectivity index (χ0v) is 15.0. The number of piperazine rings is 1. The molecule has 5 nitrogen and oxygen atoms in total. The summed E-state index contributed by atoms with van der Waals surface area (Å²) in [7, 11) is 0. The molecule has 0 aromatic heterocycles. The van der Waals surface area contributed by atoms with Crippen LogP contribution >= 0.6 is 24.2 Å². The third-order valence-corrected chi connectivity index (χ3v) is 5.00. The van der Waals surface area contributed by atoms with Gasteiger partial charge in [-0.1, -0.05) is 0 Å². The number of alkyl halides is 3. The summed E-state index contributed by atoms with van der Waals surface area (Å²) >= 11 is 1.54. The summed E-state index contributed by atoms with van der Waals surface area (Å²) in [6.45, 7) is 3.67. The van der Waals surface area contributed by atoms with Crippen molar-refractivity contribution < 1.29 is 22.7 Å². The highest BCUT2D eigenvalue weighted by Gasteiger charge is 2.32. The van der Waals surface area contributed by atoms with E-state index in [1.807, 2.05) is 0 Å². The number of thioether (sulfide) groups is 1. The number of halogens is 4. The first-order valence-electron chi connectivity index (χ1n) is 7.68. The van der Waals surface area contributed by atoms with Gasteiger partial charge >= 0.3 is 12.4 Å². The maximum atomic E-state index is 12.6. The van der Waals surface area contributed by atoms with E-state index in [0.29, 0.717) is 37.5 Å². The quantitative estimate of drug-likeness (QED) is 0.791. The zero-order valence-electron chi connectivity index (χ0n) is 13.3. The molecule has 1 fully saturated rings. The van der Waals surface area contributed by atoms with Gasteiger partial charge in [0.2, 0.25) is 0 Å². The topological polar surface area (TPSA) is 44.8 Å². The van der Waals surface area contributed by atoms with Gasteiger partial charge in [0.15, 0.2) is 0 Å². The Bertz CT molecular complexity index is 612. The molecule has 2 amide bonds. The predicted molar refractivity (Wildman–Crippen MR) is 91.3 cm³/mol. The van der Waals surface area contributed by atoms with Crippen LogP contribution in [0.25, 0.3) is 0 Å². The molecule has 0 unspecified atom stereocenters. The highest BCUT2D eigenvalue weighted by molar-refractivity contribution is 7.99. The molecule has 25 heavy (non-hydrogen) atoms. The minimum Gasteiger partial charge on any atom is -0.406 e. The van der Waals surface area contributed by atoms with Gasteiger partial charge in [-0.15, -0.1) is 37.3 Å². The average Bonchev–Trinajstić information content (AvgIpc) is 2.75. The molecule has 2 heterocycles. The van der Waals surface area contributed by atoms with Crippen LogP contribution in [0.3, 0.4) is 0 Å². The lowest BCUT2D eigenvalue weighted by Gasteiger charge is -2.32. The van der Waals surface area contributed by atoms with E-state index >= 15 is 0 Å². The number of fused-ring (bicyclic) bond motifs is 1. The van der Waals surface area contributed by atoms with Gasteiger partial charge in [0.1, 0.15) is 5.75 Å². The fourth-order valence-corrected chi connectivity index (χ4v) is 3.79. The number of carbonyl (C=O) groups excluding carboxylic acids is 1. The monoisotopic (exact) mass is 397 g/mol. The van der Waals surface area contributed by atoms with E-state index in [0.717, 1.165) is 18.0 Å². The summed E-state index contributed by atoms with van der Waals surface area (Å²) in [4.78, 5) is 17.0. The van der Waals surface area contributed by atoms with Crippen molar-refractivity contribution in [1.82, 2.24) is 15.1 Å². The number of amides is 2. The van der Waals surface area contributed by atoms with Gasteiger partial charge in [-0.05, 0) is 23.8 Å². The van der Waals surface area contributed by atoms with E-state index in [2.05, 4.69) is 10.1 Å². The number of rotatable bonds is 1. The van der Waals surface area contributed by atoms with Crippen molar-refractivity contribution in [2.45, 2.75) is 17.8 Å². The molecule has 0 saturated carbocycles. The molecule has 2 aliphatic rings. The number of carbonyl (C=O) groups is 1. The van der Waals surface area contributed by atoms with Gasteiger partial charge in [0, 0.05) is 49.9 Å². The van der Waals surface area contributed by atoms with Crippen LogP contribution in [-0.2, 0) is 6.54 Å². The van der Waals surface area contributed by atoms with Gasteiger partial charge in [-0.3, -0.25) is 0 Å². The number of ether oxygens (including phenoxy) is 1. The zero-order chi connectivity index (χ0) is 17.2. The second-order valence-electron chi connectivity index (χ2n) is 5.61. The lowest BCUT2D eigenvalue weighted by Crippen LogP contribution is -2.51. The Morgan fingerprint density at radius 3 is 2.56 bits per heavy atom. The molecule has 2 aliphatic heterocycles. The lowest BCUT2D eigenvalue weighted by molar-refractivity contribution is -0.274. The van der Waals surface area contributed by atoms with E-state index in [4.69, 9.17) is 0 Å². The molecule has 3 rings (SSSR count). The number of urea groups is 1. The second-order valence-corrected chi connectivity index (χ2v) is 6.74. The molecule has 0 atom stereocenters. The Morgan fingerprint density at radius 2 is 1.88 bits per heavy atom. The first kappa shape index (κ1) is 20.0. The van der Waals surface area contributed by atoms with Crippen LogP contribution in [0.5, 0.6) is 5.75 Å². The van der Waals surface area contributed by atoms with E-state index in [9.17, 15) is 18.0 Å². The molecule has 1 N–H and O–H groups in total. The maximum absolute atomic E-state index is 12.6. The van der Waals surface area contributed by atoms with Crippen LogP contribution in [0.4, 0.5) is 18.0 Å². The van der Waals surface area contributed by atoms with Crippen LogP contribution in [0.15, 0.2) is 23.1 Å². The molecule has 0 spiro atoms. The minimum absolute atomic E-state index is 0. The van der Waals surface area contributed by atoms with Crippen molar-refractivity contribution in [3.63, 3.8) is 0 Å². The molecule has 10 heteroatoms. The van der Waals surface area contributed by atoms with Gasteiger partial charge in [-0.25, -0.2) is 4.79 Å². The fourth-order valence-electron chi connectivity index (χ4n) is 2.79. The van der Waals surface area contributed by atoms with E-state index in [1.165, 1.54) is 12.1 Å². The van der Waals surface area contributed by atoms with E-state index < -0.39 is 6.36 Å². The number of hydrogen-bond acceptors (Lipinski definition) is 4. The normalized spacial score (nSPS) is 18.0. The van der Waals surface area contributed by atoms with Crippen LogP contribution in [-0.4, -0.2) is 60.7 Å². The highest BCUT2D eigenvalue weighted by Crippen LogP contribution is 2.32. The minimum atomic E-state index is -4.72. The van der Waals surface area contributed by atoms with Gasteiger partial charge in [-0.2, -0.15) is 0 Å². The van der Waals surface area contributed by atoms with Crippen molar-refractivity contribution in [1.29, 1.82) is 0 Å². The molecule has 0 radical (unpaired) electrons. The van der Waals surface area contributed by atoms with Crippen molar-refractivity contribution >= 4 is 30.2 Å². The summed E-state index contributed by atoms with van der Waals surface area (Å²) < 4.78 is 41.2. The van der Waals surface area contributed by atoms with Crippen LogP contribution in [0.1, 0.15) is 5.56 Å². The molecular formula is C15H19ClF3N3O2S. The first-order valence-corrected chi connectivity index (χ1v) is 8.67. The lowest BCUT2D eigenvalue weighted by atomic mass is 10.2. The number of hydrogen-bond donors (Lipinski definition) is 1. The van der Waals surface area contributed by atoms with Crippen molar-refractivity contribution in [3.8, 4) is 5.75 Å². The number of nitrogens with zero attached hydrogens (tertiary/aromatic N) is 2. The Morgan fingerprint density at radius 1 is 1.16 bits per heavy atom. The molecular weight excluding hydrogens is 379 g/mol. The van der Waals surface area contributed by atoms with Crippen LogP contribution < -0.4 is 10.1 Å². The molecule has 1 aromatic rings. The molecule has 0 bridgehead atoms. The van der Waals surface area contributed by atoms with E-state index in [1.54, 1.807) is 27.6 Å². The SMILES string of the molecule is Cl.O=C(N1CCNCC1)N1CCSc2ccc(OC(F)(F)F)cc2C1. The first-order chi connectivity index (χ1) is 11.4. The van der Waals surface area contributed by atoms with Crippen molar-refractivity contribution in [2.24, 2.45) is 0 Å². The second kappa shape index (κ2) is 8.37. The third-order valence-electron chi connectivity index (χ3n) is 3.90. The Labute approximate surface area is 154 Å². The molecule has 140 valence electrons. The van der Waals surface area contributed by atoms with Crippen LogP contribution in [0.2, 0.25) is 0 Å². The standard InChI is InChI=1S/C15H18F3N3O2S.ClH/c16-15(17,18)23-12-1-2-13-11(9-12)10-21(7-8-24-13)14(22)20-5-3-19-4-6-20;/h1-2,9,19H,3-8,10H2;1H. The Kier molecular flexibility index (Phi) is 6.70. The van der Waals surface area contributed by atoms with E-state index in [-0.39, 0.29) is 24.2 Å². The summed E-state index contributed by atoms with van der Waals surface area (Å²) in [5.41, 5.74) is 0.683. The predicted octanol–water partition coefficient (Wildman–Crippen LogP) is 2.94. The fraction of sp³-hybridized carbons (Fsp3) is 0.533. The van der Waals surface area contributed by atoms with Crippen molar-refractivity contribution in [3.05, 3.63) is 23.8 Å². The molecule has 0 aliphatic carbocycles. The average molecular weight is 398 g/mol. The highest BCUT2D eigenvalue weighted by atomic mass is 35.5. The summed E-state index contributed by atoms with van der Waals surface area (Å²) in [6.07, 6.45) is -4.72. The summed E-state index contributed by atoms with van der Waals surface area (Å²) in [6, 6.07) is 4.25. The van der Waals surface area contributed by atoms with Gasteiger partial charge in [0.05, 0.1) is 0 Å². The summed E-state index contributed by atoms with van der Waals surface area (Å²) in [5.74, 6) is 0.461. The smallest absolute Gasteiger partial charge is 0.406 e. The number of nitrogens with one attached hydrogen (secondary N) is 1. The third kappa shape index (κ3) is 5.32. The Balaban J connectivity index is 0.00000225. The maximum Gasteiger partial charge on any atom is 0.573 e. The molecule has 1 aromatic carbocycles.